The Balaban J connectivity index is 0.000000249. The van der Waals surface area contributed by atoms with Crippen LogP contribution in [0, 0.1) is 12.1 Å². The number of rotatable bonds is 0. The second kappa shape index (κ2) is 14.7. The molecule has 0 atom stereocenters. The van der Waals surface area contributed by atoms with Crippen molar-refractivity contribution in [1.82, 2.24) is 0 Å². The molecular weight excluding hydrogens is 411 g/mol. The van der Waals surface area contributed by atoms with E-state index in [-0.39, 0.29) is 21.1 Å². The maximum Gasteiger partial charge on any atom is 2.00 e. The van der Waals surface area contributed by atoms with Crippen molar-refractivity contribution >= 4 is 0 Å². The van der Waals surface area contributed by atoms with Gasteiger partial charge < -0.3 is 0 Å². The molecule has 100 valence electrons. The van der Waals surface area contributed by atoms with E-state index in [1.54, 1.807) is 0 Å². The fraction of sp³-hybridized carbons (Fsp3) is 0.111. The predicted molar refractivity (Wildman–Crippen MR) is 78.1 cm³/mol. The van der Waals surface area contributed by atoms with Gasteiger partial charge in [-0.05, 0) is 12.8 Å². The molecule has 0 spiro atoms. The summed E-state index contributed by atoms with van der Waals surface area (Å²) in [6, 6.07) is 25.0. The summed E-state index contributed by atoms with van der Waals surface area (Å²) in [5.41, 5.74) is 0. The summed E-state index contributed by atoms with van der Waals surface area (Å²) in [6.07, 6.45) is 11.0. The molecule has 1 aliphatic carbocycles. The van der Waals surface area contributed by atoms with Gasteiger partial charge in [0.2, 0.25) is 0 Å². The van der Waals surface area contributed by atoms with Gasteiger partial charge in [0.15, 0.2) is 0 Å². The first kappa shape index (κ1) is 17.6. The number of hydrogen-bond acceptors (Lipinski definition) is 0. The summed E-state index contributed by atoms with van der Waals surface area (Å²) in [4.78, 5) is 0. The van der Waals surface area contributed by atoms with Crippen molar-refractivity contribution in [3.05, 3.63) is 97.1 Å². The van der Waals surface area contributed by atoms with Gasteiger partial charge in [0.05, 0.1) is 0 Å². The normalized spacial score (nSPS) is 10.9. The van der Waals surface area contributed by atoms with E-state index >= 15 is 0 Å². The Morgan fingerprint density at radius 3 is 1.00 bits per heavy atom. The van der Waals surface area contributed by atoms with E-state index in [0.29, 0.717) is 0 Å². The van der Waals surface area contributed by atoms with Gasteiger partial charge >= 0.3 is 21.1 Å². The molecule has 0 unspecified atom stereocenters. The molecule has 0 saturated heterocycles. The van der Waals surface area contributed by atoms with Crippen LogP contribution in [0.1, 0.15) is 12.8 Å². The van der Waals surface area contributed by atoms with E-state index in [9.17, 15) is 0 Å². The van der Waals surface area contributed by atoms with Crippen LogP contribution in [0.15, 0.2) is 85.0 Å². The molecule has 0 N–H and O–H groups in total. The first-order chi connectivity index (χ1) is 9.00. The zero-order valence-electron chi connectivity index (χ0n) is 10.8. The molecule has 0 bridgehead atoms. The third-order valence-electron chi connectivity index (χ3n) is 2.10. The molecule has 19 heavy (non-hydrogen) atoms. The fourth-order valence-corrected chi connectivity index (χ4v) is 1.23. The van der Waals surface area contributed by atoms with E-state index < -0.39 is 0 Å². The van der Waals surface area contributed by atoms with E-state index in [1.165, 1.54) is 12.8 Å². The van der Waals surface area contributed by atoms with Crippen LogP contribution >= 0.6 is 0 Å². The van der Waals surface area contributed by atoms with Crippen LogP contribution in [0.4, 0.5) is 0 Å². The summed E-state index contributed by atoms with van der Waals surface area (Å²) in [6.45, 7) is 0. The van der Waals surface area contributed by atoms with Gasteiger partial charge in [-0.25, -0.2) is 0 Å². The van der Waals surface area contributed by atoms with Crippen LogP contribution in [0.2, 0.25) is 0 Å². The first-order valence-corrected chi connectivity index (χ1v) is 6.14. The van der Waals surface area contributed by atoms with Gasteiger partial charge in [0.25, 0.3) is 0 Å². The van der Waals surface area contributed by atoms with E-state index in [2.05, 4.69) is 36.4 Å². The molecule has 0 aliphatic heterocycles. The Kier molecular flexibility index (Phi) is 13.6. The minimum atomic E-state index is 0. The topological polar surface area (TPSA) is 0 Å². The maximum absolute atomic E-state index is 2.89. The first-order valence-electron chi connectivity index (χ1n) is 6.14. The molecule has 1 heteroatoms. The largest absolute Gasteiger partial charge is 2.00 e. The maximum atomic E-state index is 2.89. The summed E-state index contributed by atoms with van der Waals surface area (Å²) in [7, 11) is 0. The molecule has 3 rings (SSSR count). The SMILES string of the molecule is C1=CCCC=C1.[Pt+2].[c-]1ccccc1.[c-]1ccccc1. The van der Waals surface area contributed by atoms with Crippen molar-refractivity contribution < 1.29 is 21.1 Å². The fourth-order valence-electron chi connectivity index (χ4n) is 1.23. The van der Waals surface area contributed by atoms with Crippen molar-refractivity contribution in [3.8, 4) is 0 Å². The Bertz CT molecular complexity index is 321. The zero-order valence-corrected chi connectivity index (χ0v) is 13.1. The zero-order chi connectivity index (χ0) is 12.7. The van der Waals surface area contributed by atoms with Crippen molar-refractivity contribution in [1.29, 1.82) is 0 Å². The average molecular weight is 429 g/mol. The Hall–Kier alpha value is -1.39. The third-order valence-corrected chi connectivity index (χ3v) is 2.10. The van der Waals surface area contributed by atoms with Crippen LogP contribution in [0.25, 0.3) is 0 Å². The molecule has 0 radical (unpaired) electrons. The molecule has 0 nitrogen and oxygen atoms in total. The monoisotopic (exact) mass is 429 g/mol. The summed E-state index contributed by atoms with van der Waals surface area (Å²) in [5.74, 6) is 0. The summed E-state index contributed by atoms with van der Waals surface area (Å²) in [5, 5.41) is 0. The van der Waals surface area contributed by atoms with Gasteiger partial charge in [-0.3, -0.25) is 0 Å². The van der Waals surface area contributed by atoms with Crippen LogP contribution in [-0.2, 0) is 21.1 Å². The quantitative estimate of drug-likeness (QED) is 0.525. The van der Waals surface area contributed by atoms with E-state index in [1.807, 2.05) is 60.7 Å². The van der Waals surface area contributed by atoms with E-state index in [0.717, 1.165) is 0 Å². The molecular formula is C18H18Pt. The van der Waals surface area contributed by atoms with Gasteiger partial charge in [-0.15, -0.1) is 0 Å². The standard InChI is InChI=1S/C6H8.2C6H5.Pt/c3*1-2-4-6-5-3-1;/h1-4H,5-6H2;2*1-5H;/q;2*-1;+2. The van der Waals surface area contributed by atoms with Crippen LogP contribution in [0.3, 0.4) is 0 Å². The number of allylic oxidation sites excluding steroid dienone is 4. The number of benzene rings is 2. The molecule has 0 aromatic heterocycles. The molecule has 2 aromatic rings. The van der Waals surface area contributed by atoms with Crippen LogP contribution in [-0.4, -0.2) is 0 Å². The van der Waals surface area contributed by atoms with Crippen molar-refractivity contribution in [2.75, 3.05) is 0 Å². The molecule has 0 heterocycles. The van der Waals surface area contributed by atoms with Crippen molar-refractivity contribution in [2.24, 2.45) is 0 Å². The Labute approximate surface area is 131 Å². The minimum absolute atomic E-state index is 0. The summed E-state index contributed by atoms with van der Waals surface area (Å²) < 4.78 is 0. The minimum Gasteiger partial charge on any atom is -0.184 e. The average Bonchev–Trinajstić information content (AvgIpc) is 2.54. The molecule has 0 fully saturated rings. The second-order valence-corrected chi connectivity index (χ2v) is 3.59. The van der Waals surface area contributed by atoms with Crippen molar-refractivity contribution in [3.63, 3.8) is 0 Å². The molecule has 0 saturated carbocycles. The number of hydrogen-bond donors (Lipinski definition) is 0. The van der Waals surface area contributed by atoms with Crippen molar-refractivity contribution in [2.45, 2.75) is 12.8 Å². The van der Waals surface area contributed by atoms with Gasteiger partial charge in [0.1, 0.15) is 0 Å². The Morgan fingerprint density at radius 2 is 0.895 bits per heavy atom. The Morgan fingerprint density at radius 1 is 0.526 bits per heavy atom. The molecule has 2 aromatic carbocycles. The van der Waals surface area contributed by atoms with Gasteiger partial charge in [-0.2, -0.15) is 72.8 Å². The van der Waals surface area contributed by atoms with Gasteiger partial charge in [0, 0.05) is 0 Å². The molecule has 0 amide bonds. The third kappa shape index (κ3) is 12.8. The molecule has 1 aliphatic rings. The smallest absolute Gasteiger partial charge is 0.184 e. The van der Waals surface area contributed by atoms with Crippen LogP contribution in [0.5, 0.6) is 0 Å². The van der Waals surface area contributed by atoms with Crippen LogP contribution < -0.4 is 0 Å². The predicted octanol–water partition coefficient (Wildman–Crippen LogP) is 4.86. The van der Waals surface area contributed by atoms with E-state index in [4.69, 9.17) is 0 Å². The summed E-state index contributed by atoms with van der Waals surface area (Å²) >= 11 is 0. The second-order valence-electron chi connectivity index (χ2n) is 3.59. The van der Waals surface area contributed by atoms with Gasteiger partial charge in [-0.1, -0.05) is 24.3 Å².